The van der Waals surface area contributed by atoms with E-state index in [-0.39, 0.29) is 18.6 Å². The highest BCUT2D eigenvalue weighted by Crippen LogP contribution is 2.29. The molecule has 0 aromatic rings. The van der Waals surface area contributed by atoms with Crippen molar-refractivity contribution in [1.82, 2.24) is 0 Å². The van der Waals surface area contributed by atoms with Crippen molar-refractivity contribution in [3.63, 3.8) is 0 Å². The van der Waals surface area contributed by atoms with Crippen molar-refractivity contribution in [2.24, 2.45) is 0 Å². The molecule has 1 aliphatic rings. The summed E-state index contributed by atoms with van der Waals surface area (Å²) in [6, 6.07) is 0. The van der Waals surface area contributed by atoms with Crippen LogP contribution >= 0.6 is 0 Å². The maximum absolute atomic E-state index is 10.4. The summed E-state index contributed by atoms with van der Waals surface area (Å²) >= 11 is 0. The van der Waals surface area contributed by atoms with Gasteiger partial charge in [-0.05, 0) is 38.5 Å². The zero-order valence-corrected chi connectivity index (χ0v) is 14.8. The predicted octanol–water partition coefficient (Wildman–Crippen LogP) is 4.40. The van der Waals surface area contributed by atoms with E-state index in [1.807, 2.05) is 24.3 Å². The number of ether oxygens (including phenoxy) is 1. The lowest BCUT2D eigenvalue weighted by Gasteiger charge is -1.99. The Bertz CT molecular complexity index is 425. The molecular formula is C20H32O4. The Labute approximate surface area is 145 Å². The van der Waals surface area contributed by atoms with Crippen LogP contribution in [-0.4, -0.2) is 34.5 Å². The van der Waals surface area contributed by atoms with Gasteiger partial charge in [0, 0.05) is 6.42 Å². The summed E-state index contributed by atoms with van der Waals surface area (Å²) in [5, 5.41) is 18.5. The zero-order valence-electron chi connectivity index (χ0n) is 14.8. The minimum atomic E-state index is -0.750. The number of carboxylic acid groups (broad SMARTS) is 1. The molecule has 24 heavy (non-hydrogen) atoms. The quantitative estimate of drug-likeness (QED) is 0.280. The molecule has 0 spiro atoms. The second-order valence-electron chi connectivity index (χ2n) is 6.25. The number of epoxide rings is 1. The monoisotopic (exact) mass is 336 g/mol. The summed E-state index contributed by atoms with van der Waals surface area (Å²) in [7, 11) is 0. The van der Waals surface area contributed by atoms with E-state index in [4.69, 9.17) is 9.84 Å². The van der Waals surface area contributed by atoms with Gasteiger partial charge in [-0.2, -0.15) is 0 Å². The van der Waals surface area contributed by atoms with Gasteiger partial charge in [-0.15, -0.1) is 0 Å². The summed E-state index contributed by atoms with van der Waals surface area (Å²) in [4.78, 5) is 10.4. The summed E-state index contributed by atoms with van der Waals surface area (Å²) < 4.78 is 5.48. The normalized spacial score (nSPS) is 21.9. The van der Waals surface area contributed by atoms with Crippen molar-refractivity contribution in [1.29, 1.82) is 0 Å². The fourth-order valence-corrected chi connectivity index (χ4v) is 2.50. The second kappa shape index (κ2) is 13.0. The van der Waals surface area contributed by atoms with Gasteiger partial charge in [-0.25, -0.2) is 0 Å². The average molecular weight is 336 g/mol. The SMILES string of the molecule is CCCCC/C=C\C/C=C\[C@@H](O)[C@@H]1O[C@H]1C/C=C\CCCC(=O)O. The predicted molar refractivity (Wildman–Crippen MR) is 97.0 cm³/mol. The van der Waals surface area contributed by atoms with Gasteiger partial charge in [-0.3, -0.25) is 4.79 Å². The molecule has 1 fully saturated rings. The third kappa shape index (κ3) is 10.4. The lowest BCUT2D eigenvalue weighted by Crippen LogP contribution is -2.13. The molecule has 1 rings (SSSR count). The Morgan fingerprint density at radius 2 is 1.83 bits per heavy atom. The van der Waals surface area contributed by atoms with Crippen molar-refractivity contribution < 1.29 is 19.7 Å². The smallest absolute Gasteiger partial charge is 0.303 e. The molecule has 1 saturated heterocycles. The maximum Gasteiger partial charge on any atom is 0.303 e. The van der Waals surface area contributed by atoms with E-state index in [2.05, 4.69) is 19.1 Å². The van der Waals surface area contributed by atoms with Crippen LogP contribution in [0.1, 0.15) is 64.7 Å². The number of carboxylic acids is 1. The molecule has 0 aliphatic carbocycles. The molecule has 0 radical (unpaired) electrons. The fourth-order valence-electron chi connectivity index (χ4n) is 2.50. The first kappa shape index (κ1) is 20.7. The van der Waals surface area contributed by atoms with Crippen LogP contribution < -0.4 is 0 Å². The van der Waals surface area contributed by atoms with Crippen LogP contribution in [0.3, 0.4) is 0 Å². The number of hydrogen-bond acceptors (Lipinski definition) is 3. The van der Waals surface area contributed by atoms with E-state index >= 15 is 0 Å². The Morgan fingerprint density at radius 3 is 2.58 bits per heavy atom. The van der Waals surface area contributed by atoms with E-state index in [0.717, 1.165) is 25.7 Å². The summed E-state index contributed by atoms with van der Waals surface area (Å²) in [6.45, 7) is 2.20. The Hall–Kier alpha value is -1.39. The second-order valence-corrected chi connectivity index (χ2v) is 6.25. The number of carbonyl (C=O) groups is 1. The number of aliphatic hydroxyl groups is 1. The van der Waals surface area contributed by atoms with Crippen molar-refractivity contribution in [2.45, 2.75) is 83.0 Å². The molecule has 0 bridgehead atoms. The number of rotatable bonds is 14. The first-order chi connectivity index (χ1) is 11.6. The summed E-state index contributed by atoms with van der Waals surface area (Å²) in [5.41, 5.74) is 0. The van der Waals surface area contributed by atoms with Crippen LogP contribution in [0.15, 0.2) is 36.5 Å². The van der Waals surface area contributed by atoms with Gasteiger partial charge in [0.2, 0.25) is 0 Å². The van der Waals surface area contributed by atoms with Crippen LogP contribution in [-0.2, 0) is 9.53 Å². The lowest BCUT2D eigenvalue weighted by atomic mass is 10.1. The van der Waals surface area contributed by atoms with Gasteiger partial charge in [0.15, 0.2) is 0 Å². The third-order valence-corrected chi connectivity index (χ3v) is 4.00. The van der Waals surface area contributed by atoms with Crippen LogP contribution in [0, 0.1) is 0 Å². The minimum Gasteiger partial charge on any atom is -0.481 e. The van der Waals surface area contributed by atoms with Crippen molar-refractivity contribution in [2.75, 3.05) is 0 Å². The van der Waals surface area contributed by atoms with Crippen LogP contribution in [0.4, 0.5) is 0 Å². The number of unbranched alkanes of at least 4 members (excludes halogenated alkanes) is 4. The molecule has 1 heterocycles. The molecule has 0 saturated carbocycles. The van der Waals surface area contributed by atoms with Gasteiger partial charge in [0.05, 0.1) is 6.10 Å². The maximum atomic E-state index is 10.4. The van der Waals surface area contributed by atoms with Crippen molar-refractivity contribution >= 4 is 5.97 Å². The van der Waals surface area contributed by atoms with Crippen molar-refractivity contribution in [3.05, 3.63) is 36.5 Å². The number of aliphatic carboxylic acids is 1. The first-order valence-electron chi connectivity index (χ1n) is 9.17. The molecule has 136 valence electrons. The molecule has 2 N–H and O–H groups in total. The molecule has 0 amide bonds. The minimum absolute atomic E-state index is 0.0879. The van der Waals surface area contributed by atoms with Gasteiger partial charge < -0.3 is 14.9 Å². The van der Waals surface area contributed by atoms with E-state index in [9.17, 15) is 9.90 Å². The highest BCUT2D eigenvalue weighted by molar-refractivity contribution is 5.66. The highest BCUT2D eigenvalue weighted by atomic mass is 16.6. The molecule has 4 nitrogen and oxygen atoms in total. The van der Waals surface area contributed by atoms with Gasteiger partial charge >= 0.3 is 5.97 Å². The van der Waals surface area contributed by atoms with Crippen LogP contribution in [0.2, 0.25) is 0 Å². The van der Waals surface area contributed by atoms with Gasteiger partial charge in [0.25, 0.3) is 0 Å². The Kier molecular flexibility index (Phi) is 11.2. The Morgan fingerprint density at radius 1 is 1.08 bits per heavy atom. The number of hydrogen-bond donors (Lipinski definition) is 2. The first-order valence-corrected chi connectivity index (χ1v) is 9.17. The molecule has 3 atom stereocenters. The summed E-state index contributed by atoms with van der Waals surface area (Å²) in [5.74, 6) is -0.750. The van der Waals surface area contributed by atoms with E-state index in [0.29, 0.717) is 6.42 Å². The summed E-state index contributed by atoms with van der Waals surface area (Å²) in [6.07, 6.45) is 19.8. The highest BCUT2D eigenvalue weighted by Gasteiger charge is 2.42. The largest absolute Gasteiger partial charge is 0.481 e. The lowest BCUT2D eigenvalue weighted by molar-refractivity contribution is -0.137. The van der Waals surface area contributed by atoms with Gasteiger partial charge in [-0.1, -0.05) is 56.2 Å². The van der Waals surface area contributed by atoms with E-state index in [1.165, 1.54) is 19.3 Å². The molecule has 0 aromatic carbocycles. The standard InChI is InChI=1S/C20H32O4/c1-2-3-4-5-6-7-8-11-14-17(21)20-18(24-20)15-12-9-10-13-16-19(22)23/h6-7,9,11-12,14,17-18,20-21H,2-5,8,10,13,15-16H2,1H3,(H,22,23)/b7-6-,12-9-,14-11-/t17-,18+,20+/m1/s1. The third-order valence-electron chi connectivity index (χ3n) is 4.00. The molecular weight excluding hydrogens is 304 g/mol. The van der Waals surface area contributed by atoms with E-state index in [1.54, 1.807) is 0 Å². The number of allylic oxidation sites excluding steroid dienone is 4. The van der Waals surface area contributed by atoms with E-state index < -0.39 is 12.1 Å². The molecule has 0 unspecified atom stereocenters. The fraction of sp³-hybridized carbons (Fsp3) is 0.650. The van der Waals surface area contributed by atoms with Crippen molar-refractivity contribution in [3.8, 4) is 0 Å². The number of aliphatic hydroxyl groups excluding tert-OH is 1. The zero-order chi connectivity index (χ0) is 17.6. The topological polar surface area (TPSA) is 70.1 Å². The van der Waals surface area contributed by atoms with Crippen LogP contribution in [0.5, 0.6) is 0 Å². The molecule has 4 heteroatoms. The van der Waals surface area contributed by atoms with Gasteiger partial charge in [0.1, 0.15) is 12.2 Å². The average Bonchev–Trinajstić information content (AvgIpc) is 3.32. The molecule has 1 aliphatic heterocycles. The Balaban J connectivity index is 2.04. The molecule has 0 aromatic heterocycles. The van der Waals surface area contributed by atoms with Crippen LogP contribution in [0.25, 0.3) is 0 Å².